The third-order valence-electron chi connectivity index (χ3n) is 1.48. The van der Waals surface area contributed by atoms with E-state index in [1.807, 2.05) is 0 Å². The molecule has 0 amide bonds. The maximum absolute atomic E-state index is 13.1. The molecular formula is C8H10BF2O2. The van der Waals surface area contributed by atoms with Gasteiger partial charge in [0.1, 0.15) is 0 Å². The van der Waals surface area contributed by atoms with Gasteiger partial charge >= 0.3 is 7.69 Å². The van der Waals surface area contributed by atoms with Crippen molar-refractivity contribution in [3.05, 3.63) is 37.0 Å². The molecule has 2 unspecified atom stereocenters. The number of rotatable bonds is 1. The Morgan fingerprint density at radius 3 is 2.31 bits per heavy atom. The zero-order valence-corrected chi connectivity index (χ0v) is 6.90. The SMILES string of the molecule is C=CC1(F)C=CC=CC1F.O[B]O. The second-order valence-corrected chi connectivity index (χ2v) is 2.29. The second-order valence-electron chi connectivity index (χ2n) is 2.29. The van der Waals surface area contributed by atoms with Gasteiger partial charge in [0.2, 0.25) is 0 Å². The monoisotopic (exact) mass is 187 g/mol. The van der Waals surface area contributed by atoms with E-state index in [1.54, 1.807) is 0 Å². The fourth-order valence-corrected chi connectivity index (χ4v) is 0.785. The van der Waals surface area contributed by atoms with Crippen molar-refractivity contribution in [1.29, 1.82) is 0 Å². The summed E-state index contributed by atoms with van der Waals surface area (Å²) in [6.45, 7) is 3.21. The minimum atomic E-state index is -1.99. The zero-order chi connectivity index (χ0) is 10.3. The van der Waals surface area contributed by atoms with Crippen molar-refractivity contribution in [2.24, 2.45) is 0 Å². The van der Waals surface area contributed by atoms with Gasteiger partial charge in [-0.25, -0.2) is 8.78 Å². The Hall–Kier alpha value is -0.935. The van der Waals surface area contributed by atoms with Crippen LogP contribution in [0, 0.1) is 0 Å². The van der Waals surface area contributed by atoms with E-state index in [0.717, 1.165) is 12.2 Å². The van der Waals surface area contributed by atoms with Crippen molar-refractivity contribution >= 4 is 7.69 Å². The molecule has 0 fully saturated rings. The molecule has 1 aliphatic rings. The van der Waals surface area contributed by atoms with Crippen LogP contribution in [0.15, 0.2) is 37.0 Å². The fraction of sp³-hybridized carbons (Fsp3) is 0.250. The predicted octanol–water partition coefficient (Wildman–Crippen LogP) is 0.850. The van der Waals surface area contributed by atoms with Gasteiger partial charge in [0, 0.05) is 0 Å². The van der Waals surface area contributed by atoms with E-state index in [2.05, 4.69) is 6.58 Å². The minimum absolute atomic E-state index is 0. The van der Waals surface area contributed by atoms with Crippen LogP contribution in [0.2, 0.25) is 0 Å². The molecule has 71 valence electrons. The van der Waals surface area contributed by atoms with Gasteiger partial charge in [-0.15, -0.1) is 0 Å². The van der Waals surface area contributed by atoms with E-state index in [9.17, 15) is 8.78 Å². The van der Waals surface area contributed by atoms with Gasteiger partial charge < -0.3 is 10.0 Å². The standard InChI is InChI=1S/C8H8F2.BH2O2/c1-2-8(10)6-4-3-5-7(8)9;2-1-3/h2-7H,1H2;2-3H. The highest BCUT2D eigenvalue weighted by Crippen LogP contribution is 2.26. The third-order valence-corrected chi connectivity index (χ3v) is 1.48. The molecule has 1 rings (SSSR count). The summed E-state index contributed by atoms with van der Waals surface area (Å²) in [6.07, 6.45) is 4.66. The summed E-state index contributed by atoms with van der Waals surface area (Å²) in [5.74, 6) is 0. The second kappa shape index (κ2) is 5.67. The van der Waals surface area contributed by atoms with E-state index in [-0.39, 0.29) is 7.69 Å². The molecule has 0 saturated carbocycles. The van der Waals surface area contributed by atoms with Crippen molar-refractivity contribution in [3.8, 4) is 0 Å². The highest BCUT2D eigenvalue weighted by atomic mass is 19.2. The molecule has 2 N–H and O–H groups in total. The van der Waals surface area contributed by atoms with Crippen LogP contribution in [0.5, 0.6) is 0 Å². The van der Waals surface area contributed by atoms with Gasteiger partial charge in [0.15, 0.2) is 11.8 Å². The van der Waals surface area contributed by atoms with Gasteiger partial charge in [-0.1, -0.05) is 18.7 Å². The van der Waals surface area contributed by atoms with Crippen LogP contribution in [-0.4, -0.2) is 29.6 Å². The predicted molar refractivity (Wildman–Crippen MR) is 47.4 cm³/mol. The highest BCUT2D eigenvalue weighted by molar-refractivity contribution is 6.13. The lowest BCUT2D eigenvalue weighted by molar-refractivity contribution is 0.174. The maximum Gasteiger partial charge on any atom is 0.482 e. The van der Waals surface area contributed by atoms with Crippen LogP contribution in [-0.2, 0) is 0 Å². The van der Waals surface area contributed by atoms with Crippen LogP contribution < -0.4 is 0 Å². The molecular weight excluding hydrogens is 177 g/mol. The van der Waals surface area contributed by atoms with E-state index in [1.165, 1.54) is 18.2 Å². The molecule has 1 aliphatic carbocycles. The van der Waals surface area contributed by atoms with Gasteiger partial charge in [-0.05, 0) is 18.2 Å². The van der Waals surface area contributed by atoms with Crippen molar-refractivity contribution < 1.29 is 18.8 Å². The van der Waals surface area contributed by atoms with Crippen LogP contribution in [0.4, 0.5) is 8.78 Å². The van der Waals surface area contributed by atoms with E-state index in [0.29, 0.717) is 0 Å². The van der Waals surface area contributed by atoms with Crippen LogP contribution >= 0.6 is 0 Å². The average molecular weight is 187 g/mol. The smallest absolute Gasteiger partial charge is 0.429 e. The first-order valence-electron chi connectivity index (χ1n) is 3.53. The summed E-state index contributed by atoms with van der Waals surface area (Å²) in [5.41, 5.74) is -1.99. The van der Waals surface area contributed by atoms with Gasteiger partial charge in [-0.2, -0.15) is 0 Å². The molecule has 13 heavy (non-hydrogen) atoms. The molecule has 0 bridgehead atoms. The fourth-order valence-electron chi connectivity index (χ4n) is 0.785. The Balaban J connectivity index is 0.000000424. The number of halogens is 2. The molecule has 0 aliphatic heterocycles. The van der Waals surface area contributed by atoms with E-state index >= 15 is 0 Å². The molecule has 0 aromatic carbocycles. The molecule has 1 radical (unpaired) electrons. The van der Waals surface area contributed by atoms with Gasteiger partial charge in [0.25, 0.3) is 0 Å². The Bertz CT molecular complexity index is 218. The lowest BCUT2D eigenvalue weighted by Crippen LogP contribution is -2.29. The lowest BCUT2D eigenvalue weighted by Gasteiger charge is -2.20. The quantitative estimate of drug-likeness (QED) is 0.471. The van der Waals surface area contributed by atoms with Crippen LogP contribution in [0.3, 0.4) is 0 Å². The molecule has 0 aromatic rings. The maximum atomic E-state index is 13.1. The number of allylic oxidation sites excluding steroid dienone is 5. The Labute approximate surface area is 76.2 Å². The minimum Gasteiger partial charge on any atom is -0.429 e. The molecule has 5 heteroatoms. The summed E-state index contributed by atoms with van der Waals surface area (Å²) in [7, 11) is 0. The molecule has 0 spiro atoms. The number of hydrogen-bond donors (Lipinski definition) is 2. The summed E-state index contributed by atoms with van der Waals surface area (Å²) in [4.78, 5) is 0. The van der Waals surface area contributed by atoms with Crippen LogP contribution in [0.1, 0.15) is 0 Å². The third kappa shape index (κ3) is 3.52. The van der Waals surface area contributed by atoms with Crippen molar-refractivity contribution in [3.63, 3.8) is 0 Å². The first-order chi connectivity index (χ1) is 6.10. The normalized spacial score (nSPS) is 30.3. The molecule has 2 atom stereocenters. The zero-order valence-electron chi connectivity index (χ0n) is 6.90. The largest absolute Gasteiger partial charge is 0.482 e. The Morgan fingerprint density at radius 1 is 1.46 bits per heavy atom. The average Bonchev–Trinajstić information content (AvgIpc) is 2.12. The Kier molecular flexibility index (Phi) is 5.26. The summed E-state index contributed by atoms with van der Waals surface area (Å²) in [6, 6.07) is 0. The molecule has 0 heterocycles. The number of alkyl halides is 2. The number of hydrogen-bond acceptors (Lipinski definition) is 2. The van der Waals surface area contributed by atoms with Crippen molar-refractivity contribution in [2.75, 3.05) is 0 Å². The van der Waals surface area contributed by atoms with E-state index < -0.39 is 11.8 Å². The first-order valence-corrected chi connectivity index (χ1v) is 3.53. The summed E-state index contributed by atoms with van der Waals surface area (Å²) >= 11 is 0. The van der Waals surface area contributed by atoms with Crippen molar-refractivity contribution in [1.82, 2.24) is 0 Å². The van der Waals surface area contributed by atoms with Gasteiger partial charge in [0.05, 0.1) is 0 Å². The van der Waals surface area contributed by atoms with Gasteiger partial charge in [-0.3, -0.25) is 0 Å². The topological polar surface area (TPSA) is 40.5 Å². The lowest BCUT2D eigenvalue weighted by atomic mass is 9.96. The van der Waals surface area contributed by atoms with Crippen LogP contribution in [0.25, 0.3) is 0 Å². The Morgan fingerprint density at radius 2 is 2.00 bits per heavy atom. The molecule has 0 aromatic heterocycles. The summed E-state index contributed by atoms with van der Waals surface area (Å²) < 4.78 is 25.7. The van der Waals surface area contributed by atoms with E-state index in [4.69, 9.17) is 10.0 Å². The highest BCUT2D eigenvalue weighted by Gasteiger charge is 2.33. The first kappa shape index (κ1) is 12.1. The summed E-state index contributed by atoms with van der Waals surface area (Å²) in [5, 5.41) is 14.0. The molecule has 0 saturated heterocycles. The van der Waals surface area contributed by atoms with Crippen molar-refractivity contribution in [2.45, 2.75) is 11.8 Å². The molecule has 2 nitrogen and oxygen atoms in total.